The summed E-state index contributed by atoms with van der Waals surface area (Å²) in [5.41, 5.74) is -0.398. The van der Waals surface area contributed by atoms with Gasteiger partial charge in [-0.25, -0.2) is 0 Å². The lowest BCUT2D eigenvalue weighted by Crippen LogP contribution is -2.73. The van der Waals surface area contributed by atoms with Crippen molar-refractivity contribution in [1.82, 2.24) is 5.32 Å². The molecule has 1 aliphatic carbocycles. The number of carbonyl (C=O) groups excluding carboxylic acids is 1. The van der Waals surface area contributed by atoms with E-state index in [-0.39, 0.29) is 11.9 Å². The fourth-order valence-corrected chi connectivity index (χ4v) is 5.32. The van der Waals surface area contributed by atoms with Crippen LogP contribution in [-0.2, 0) is 4.79 Å². The number of benzene rings is 2. The zero-order valence-electron chi connectivity index (χ0n) is 16.5. The molecule has 2 fully saturated rings. The maximum atomic E-state index is 12.0. The molecule has 1 N–H and O–H groups in total. The molecule has 27 heavy (non-hydrogen) atoms. The number of nitrogens with zero attached hydrogens (tertiary/aromatic N) is 1. The predicted molar refractivity (Wildman–Crippen MR) is 109 cm³/mol. The van der Waals surface area contributed by atoms with Crippen LogP contribution >= 0.6 is 0 Å². The van der Waals surface area contributed by atoms with Crippen molar-refractivity contribution in [2.75, 3.05) is 20.1 Å². The fraction of sp³-hybridized carbons (Fsp3) is 0.522. The molecule has 2 aliphatic rings. The molecule has 2 atom stereocenters. The van der Waals surface area contributed by atoms with Crippen LogP contribution in [0.2, 0.25) is 0 Å². The number of quaternary nitrogens is 1. The van der Waals surface area contributed by atoms with Crippen LogP contribution in [0.5, 0.6) is 5.75 Å². The van der Waals surface area contributed by atoms with Crippen LogP contribution in [0.4, 0.5) is 0 Å². The Morgan fingerprint density at radius 2 is 1.81 bits per heavy atom. The lowest BCUT2D eigenvalue weighted by Gasteiger charge is -2.53. The highest BCUT2D eigenvalue weighted by Crippen LogP contribution is 2.43. The van der Waals surface area contributed by atoms with Gasteiger partial charge in [-0.1, -0.05) is 42.8 Å². The van der Waals surface area contributed by atoms with Crippen molar-refractivity contribution in [1.29, 1.82) is 0 Å². The monoisotopic (exact) mass is 367 g/mol. The van der Waals surface area contributed by atoms with E-state index in [9.17, 15) is 4.79 Å². The van der Waals surface area contributed by atoms with E-state index in [1.165, 1.54) is 18.2 Å². The zero-order chi connectivity index (χ0) is 18.9. The van der Waals surface area contributed by atoms with Gasteiger partial charge in [0.15, 0.2) is 0 Å². The van der Waals surface area contributed by atoms with Crippen molar-refractivity contribution < 1.29 is 14.0 Å². The molecule has 2 unspecified atom stereocenters. The summed E-state index contributed by atoms with van der Waals surface area (Å²) in [7, 11) is 2.33. The third-order valence-electron chi connectivity index (χ3n) is 6.70. The molecule has 1 heterocycles. The molecule has 4 nitrogen and oxygen atoms in total. The Kier molecular flexibility index (Phi) is 4.85. The predicted octanol–water partition coefficient (Wildman–Crippen LogP) is 4.23. The molecule has 0 aromatic heterocycles. The summed E-state index contributed by atoms with van der Waals surface area (Å²) in [6.45, 7) is 3.85. The lowest BCUT2D eigenvalue weighted by atomic mass is 9.83. The van der Waals surface area contributed by atoms with Crippen LogP contribution in [0, 0.1) is 0 Å². The van der Waals surface area contributed by atoms with Gasteiger partial charge in [0.2, 0.25) is 5.91 Å². The molecule has 2 aromatic rings. The van der Waals surface area contributed by atoms with Crippen LogP contribution in [0.3, 0.4) is 0 Å². The summed E-state index contributed by atoms with van der Waals surface area (Å²) in [5, 5.41) is 5.61. The van der Waals surface area contributed by atoms with Crippen molar-refractivity contribution in [3.63, 3.8) is 0 Å². The molecule has 2 aromatic carbocycles. The van der Waals surface area contributed by atoms with Crippen LogP contribution in [0.1, 0.15) is 45.4 Å². The van der Waals surface area contributed by atoms with Gasteiger partial charge in [-0.2, -0.15) is 0 Å². The van der Waals surface area contributed by atoms with Gasteiger partial charge in [-0.05, 0) is 24.3 Å². The van der Waals surface area contributed by atoms with Gasteiger partial charge in [0.1, 0.15) is 11.8 Å². The fourth-order valence-electron chi connectivity index (χ4n) is 5.32. The molecular formula is C23H31N2O2+. The topological polar surface area (TPSA) is 38.3 Å². The van der Waals surface area contributed by atoms with Gasteiger partial charge in [0.25, 0.3) is 5.72 Å². The van der Waals surface area contributed by atoms with E-state index >= 15 is 0 Å². The lowest BCUT2D eigenvalue weighted by molar-refractivity contribution is -0.972. The molecule has 4 heteroatoms. The summed E-state index contributed by atoms with van der Waals surface area (Å²) in [5.74, 6) is 0.982. The van der Waals surface area contributed by atoms with Crippen LogP contribution < -0.4 is 10.1 Å². The Labute approximate surface area is 162 Å². The molecule has 1 amide bonds. The van der Waals surface area contributed by atoms with E-state index in [4.69, 9.17) is 4.74 Å². The van der Waals surface area contributed by atoms with Crippen molar-refractivity contribution in [2.24, 2.45) is 0 Å². The maximum Gasteiger partial charge on any atom is 0.263 e. The maximum absolute atomic E-state index is 12.0. The second kappa shape index (κ2) is 7.16. The van der Waals surface area contributed by atoms with E-state index in [2.05, 4.69) is 54.8 Å². The highest BCUT2D eigenvalue weighted by Gasteiger charge is 2.58. The summed E-state index contributed by atoms with van der Waals surface area (Å²) >= 11 is 0. The third kappa shape index (κ3) is 3.20. The first kappa shape index (κ1) is 18.3. The summed E-state index contributed by atoms with van der Waals surface area (Å²) < 4.78 is 7.90. The Morgan fingerprint density at radius 3 is 2.59 bits per heavy atom. The number of likely N-dealkylation sites (N-methyl/N-ethyl adjacent to an activating group) is 1. The van der Waals surface area contributed by atoms with Crippen molar-refractivity contribution in [3.8, 4) is 5.75 Å². The highest BCUT2D eigenvalue weighted by molar-refractivity contribution is 5.88. The van der Waals surface area contributed by atoms with E-state index < -0.39 is 5.72 Å². The minimum Gasteiger partial charge on any atom is -0.438 e. The van der Waals surface area contributed by atoms with E-state index in [0.29, 0.717) is 0 Å². The number of rotatable bonds is 4. The largest absolute Gasteiger partial charge is 0.438 e. The number of ether oxygens (including phenoxy) is 1. The average molecular weight is 368 g/mol. The molecule has 1 aliphatic heterocycles. The van der Waals surface area contributed by atoms with Crippen LogP contribution in [0.15, 0.2) is 42.5 Å². The van der Waals surface area contributed by atoms with E-state index in [1.807, 2.05) is 0 Å². The third-order valence-corrected chi connectivity index (χ3v) is 6.70. The highest BCUT2D eigenvalue weighted by atomic mass is 16.5. The molecule has 0 bridgehead atoms. The minimum atomic E-state index is -0.398. The first-order valence-electron chi connectivity index (χ1n) is 10.3. The molecule has 1 saturated carbocycles. The van der Waals surface area contributed by atoms with Gasteiger partial charge in [0.05, 0.1) is 20.1 Å². The molecular weight excluding hydrogens is 336 g/mol. The summed E-state index contributed by atoms with van der Waals surface area (Å²) in [6.07, 6.45) is 6.71. The number of fused-ring (bicyclic) bond motifs is 1. The number of amides is 1. The number of hydrogen-bond donors (Lipinski definition) is 1. The Hall–Kier alpha value is -2.07. The number of likely N-dealkylation sites (tertiary alicyclic amines) is 1. The molecule has 144 valence electrons. The quantitative estimate of drug-likeness (QED) is 0.821. The summed E-state index contributed by atoms with van der Waals surface area (Å²) in [6, 6.07) is 14.7. The standard InChI is InChI=1S/C23H30N2O2/c1-18(26)24-22-14-5-6-15-23(22,25(2)16-7-8-17-25)27-21-13-9-11-19-10-3-4-12-20(19)21/h3-4,9-13,22H,5-8,14-17H2,1-2H3/p+1. The molecule has 0 spiro atoms. The van der Waals surface area contributed by atoms with Gasteiger partial charge in [0, 0.05) is 31.6 Å². The van der Waals surface area contributed by atoms with Gasteiger partial charge < -0.3 is 10.1 Å². The number of nitrogens with one attached hydrogen (secondary N) is 1. The first-order valence-corrected chi connectivity index (χ1v) is 10.3. The normalized spacial score (nSPS) is 27.4. The second-order valence-electron chi connectivity index (χ2n) is 8.47. The van der Waals surface area contributed by atoms with E-state index in [0.717, 1.165) is 54.4 Å². The van der Waals surface area contributed by atoms with Crippen molar-refractivity contribution in [2.45, 2.75) is 57.2 Å². The van der Waals surface area contributed by atoms with Gasteiger partial charge in [-0.15, -0.1) is 0 Å². The molecule has 4 rings (SSSR count). The Bertz CT molecular complexity index is 823. The average Bonchev–Trinajstić information content (AvgIpc) is 3.11. The van der Waals surface area contributed by atoms with Crippen LogP contribution in [-0.4, -0.2) is 42.3 Å². The van der Waals surface area contributed by atoms with Crippen molar-refractivity contribution >= 4 is 16.7 Å². The SMILES string of the molecule is CC(=O)NC1CCCCC1(Oc1cccc2ccccc12)[N+]1(C)CCCC1. The van der Waals surface area contributed by atoms with Gasteiger partial charge in [-0.3, -0.25) is 9.28 Å². The molecule has 1 saturated heterocycles. The van der Waals surface area contributed by atoms with Gasteiger partial charge >= 0.3 is 0 Å². The molecule has 0 radical (unpaired) electrons. The van der Waals surface area contributed by atoms with Crippen molar-refractivity contribution in [3.05, 3.63) is 42.5 Å². The first-order chi connectivity index (χ1) is 13.0. The Balaban J connectivity index is 1.81. The number of hydrogen-bond acceptors (Lipinski definition) is 2. The minimum absolute atomic E-state index is 0.0404. The second-order valence-corrected chi connectivity index (χ2v) is 8.47. The van der Waals surface area contributed by atoms with E-state index in [1.54, 1.807) is 6.92 Å². The smallest absolute Gasteiger partial charge is 0.263 e. The number of carbonyl (C=O) groups is 1. The zero-order valence-corrected chi connectivity index (χ0v) is 16.5. The Morgan fingerprint density at radius 1 is 1.07 bits per heavy atom. The summed E-state index contributed by atoms with van der Waals surface area (Å²) in [4.78, 5) is 12.0. The van der Waals surface area contributed by atoms with Crippen LogP contribution in [0.25, 0.3) is 10.8 Å².